The maximum atomic E-state index is 12.0. The molecule has 17 heavy (non-hydrogen) atoms. The number of rotatable bonds is 7. The molecule has 0 aliphatic carbocycles. The minimum Gasteiger partial charge on any atom is -0.313 e. The predicted molar refractivity (Wildman–Crippen MR) is 75.6 cm³/mol. The second-order valence-electron chi connectivity index (χ2n) is 4.40. The molecule has 2 nitrogen and oxygen atoms in total. The monoisotopic (exact) mass is 253 g/mol. The van der Waals surface area contributed by atoms with Crippen LogP contribution in [0.2, 0.25) is 0 Å². The first-order valence-electron chi connectivity index (χ1n) is 6.29. The topological polar surface area (TPSA) is 29.1 Å². The van der Waals surface area contributed by atoms with Crippen LogP contribution in [-0.2, 0) is 16.6 Å². The second-order valence-corrected chi connectivity index (χ2v) is 5.90. The molecule has 1 N–H and O–H groups in total. The van der Waals surface area contributed by atoms with Crippen molar-refractivity contribution in [2.75, 3.05) is 12.3 Å². The van der Waals surface area contributed by atoms with E-state index in [0.29, 0.717) is 11.8 Å². The van der Waals surface area contributed by atoms with E-state index in [0.717, 1.165) is 18.7 Å². The fraction of sp³-hybridized carbons (Fsp3) is 0.571. The van der Waals surface area contributed by atoms with Crippen LogP contribution < -0.4 is 5.32 Å². The molecule has 0 radical (unpaired) electrons. The number of hydrogen-bond donors (Lipinski definition) is 1. The molecule has 0 spiro atoms. The minimum atomic E-state index is -0.773. The van der Waals surface area contributed by atoms with Gasteiger partial charge in [-0.05, 0) is 25.5 Å². The number of benzene rings is 1. The molecule has 0 amide bonds. The second kappa shape index (κ2) is 7.62. The first-order valence-corrected chi connectivity index (χ1v) is 7.78. The standard InChI is InChI=1S/C14H23NOS/c1-4-14(15-5-2)11-17(16)10-13-8-6-7-12(3)9-13/h6-9,14-15H,4-5,10-11H2,1-3H3. The van der Waals surface area contributed by atoms with Crippen molar-refractivity contribution in [2.24, 2.45) is 0 Å². The normalized spacial score (nSPS) is 14.5. The lowest BCUT2D eigenvalue weighted by Gasteiger charge is -2.15. The van der Waals surface area contributed by atoms with Gasteiger partial charge >= 0.3 is 0 Å². The Morgan fingerprint density at radius 3 is 2.71 bits per heavy atom. The first kappa shape index (κ1) is 14.4. The molecule has 0 aliphatic heterocycles. The Morgan fingerprint density at radius 1 is 1.35 bits per heavy atom. The van der Waals surface area contributed by atoms with E-state index in [9.17, 15) is 4.21 Å². The van der Waals surface area contributed by atoms with Crippen molar-refractivity contribution in [3.63, 3.8) is 0 Å². The van der Waals surface area contributed by atoms with Crippen LogP contribution in [0.1, 0.15) is 31.4 Å². The summed E-state index contributed by atoms with van der Waals surface area (Å²) in [7, 11) is -0.773. The van der Waals surface area contributed by atoms with Gasteiger partial charge in [0.25, 0.3) is 0 Å². The Bertz CT molecular complexity index is 365. The molecule has 3 heteroatoms. The highest BCUT2D eigenvalue weighted by Gasteiger charge is 2.10. The van der Waals surface area contributed by atoms with Gasteiger partial charge in [-0.3, -0.25) is 4.21 Å². The molecule has 1 aromatic rings. The van der Waals surface area contributed by atoms with E-state index < -0.39 is 10.8 Å². The van der Waals surface area contributed by atoms with Gasteiger partial charge in [-0.1, -0.05) is 43.7 Å². The predicted octanol–water partition coefficient (Wildman–Crippen LogP) is 2.63. The summed E-state index contributed by atoms with van der Waals surface area (Å²) in [6.45, 7) is 7.24. The average molecular weight is 253 g/mol. The molecular formula is C14H23NOS. The molecule has 2 atom stereocenters. The van der Waals surface area contributed by atoms with Crippen molar-refractivity contribution < 1.29 is 4.21 Å². The molecule has 96 valence electrons. The molecule has 0 heterocycles. The van der Waals surface area contributed by atoms with Gasteiger partial charge in [0.15, 0.2) is 0 Å². The summed E-state index contributed by atoms with van der Waals surface area (Å²) in [5.41, 5.74) is 2.41. The zero-order valence-electron chi connectivity index (χ0n) is 11.0. The summed E-state index contributed by atoms with van der Waals surface area (Å²) >= 11 is 0. The van der Waals surface area contributed by atoms with E-state index in [2.05, 4.69) is 44.3 Å². The van der Waals surface area contributed by atoms with Crippen molar-refractivity contribution in [1.82, 2.24) is 5.32 Å². The highest BCUT2D eigenvalue weighted by atomic mass is 32.2. The van der Waals surface area contributed by atoms with E-state index in [1.807, 2.05) is 6.07 Å². The van der Waals surface area contributed by atoms with Gasteiger partial charge in [0, 0.05) is 28.3 Å². The number of aryl methyl sites for hydroxylation is 1. The lowest BCUT2D eigenvalue weighted by atomic mass is 10.2. The maximum absolute atomic E-state index is 12.0. The minimum absolute atomic E-state index is 0.380. The lowest BCUT2D eigenvalue weighted by molar-refractivity contribution is 0.553. The highest BCUT2D eigenvalue weighted by Crippen LogP contribution is 2.08. The molecule has 0 aromatic heterocycles. The van der Waals surface area contributed by atoms with Crippen LogP contribution in [0, 0.1) is 6.92 Å². The van der Waals surface area contributed by atoms with Gasteiger partial charge in [-0.15, -0.1) is 0 Å². The van der Waals surface area contributed by atoms with Gasteiger partial charge in [0.05, 0.1) is 0 Å². The first-order chi connectivity index (χ1) is 8.15. The third kappa shape index (κ3) is 5.46. The van der Waals surface area contributed by atoms with E-state index in [1.54, 1.807) is 0 Å². The number of nitrogens with one attached hydrogen (secondary N) is 1. The van der Waals surface area contributed by atoms with Crippen molar-refractivity contribution in [3.05, 3.63) is 35.4 Å². The molecule has 1 aromatic carbocycles. The van der Waals surface area contributed by atoms with Crippen LogP contribution in [0.15, 0.2) is 24.3 Å². The zero-order chi connectivity index (χ0) is 12.7. The van der Waals surface area contributed by atoms with Crippen LogP contribution in [-0.4, -0.2) is 22.5 Å². The van der Waals surface area contributed by atoms with Crippen LogP contribution in [0.25, 0.3) is 0 Å². The van der Waals surface area contributed by atoms with Gasteiger partial charge in [0.1, 0.15) is 0 Å². The largest absolute Gasteiger partial charge is 0.313 e. The quantitative estimate of drug-likeness (QED) is 0.809. The zero-order valence-corrected chi connectivity index (χ0v) is 11.8. The van der Waals surface area contributed by atoms with Crippen molar-refractivity contribution in [1.29, 1.82) is 0 Å². The summed E-state index contributed by atoms with van der Waals surface area (Å²) in [4.78, 5) is 0. The SMILES string of the molecule is CCNC(CC)CS(=O)Cc1cccc(C)c1. The van der Waals surface area contributed by atoms with Crippen LogP contribution in [0.5, 0.6) is 0 Å². The van der Waals surface area contributed by atoms with Crippen molar-refractivity contribution in [2.45, 2.75) is 39.0 Å². The van der Waals surface area contributed by atoms with Crippen molar-refractivity contribution in [3.8, 4) is 0 Å². The van der Waals surface area contributed by atoms with E-state index in [-0.39, 0.29) is 0 Å². The van der Waals surface area contributed by atoms with Crippen molar-refractivity contribution >= 4 is 10.8 Å². The van der Waals surface area contributed by atoms with Gasteiger partial charge in [-0.2, -0.15) is 0 Å². The summed E-state index contributed by atoms with van der Waals surface area (Å²) in [5.74, 6) is 1.42. The van der Waals surface area contributed by atoms with Crippen LogP contribution in [0.3, 0.4) is 0 Å². The number of hydrogen-bond acceptors (Lipinski definition) is 2. The highest BCUT2D eigenvalue weighted by molar-refractivity contribution is 7.84. The third-order valence-electron chi connectivity index (χ3n) is 2.78. The van der Waals surface area contributed by atoms with Gasteiger partial charge in [0.2, 0.25) is 0 Å². The van der Waals surface area contributed by atoms with E-state index >= 15 is 0 Å². The Balaban J connectivity index is 2.49. The molecule has 1 rings (SSSR count). The molecule has 2 unspecified atom stereocenters. The maximum Gasteiger partial charge on any atom is 0.0486 e. The molecule has 0 bridgehead atoms. The molecule has 0 saturated carbocycles. The van der Waals surface area contributed by atoms with E-state index in [1.165, 1.54) is 11.1 Å². The Kier molecular flexibility index (Phi) is 6.45. The summed E-state index contributed by atoms with van der Waals surface area (Å²) in [5, 5.41) is 3.37. The molecule has 0 fully saturated rings. The fourth-order valence-corrected chi connectivity index (χ4v) is 3.35. The average Bonchev–Trinajstić information content (AvgIpc) is 2.28. The summed E-state index contributed by atoms with van der Waals surface area (Å²) < 4.78 is 12.0. The summed E-state index contributed by atoms with van der Waals surface area (Å²) in [6.07, 6.45) is 1.04. The fourth-order valence-electron chi connectivity index (χ4n) is 1.88. The Hall–Kier alpha value is -0.670. The van der Waals surface area contributed by atoms with Gasteiger partial charge < -0.3 is 5.32 Å². The summed E-state index contributed by atoms with van der Waals surface area (Å²) in [6, 6.07) is 8.65. The van der Waals surface area contributed by atoms with Crippen LogP contribution >= 0.6 is 0 Å². The Morgan fingerprint density at radius 2 is 2.12 bits per heavy atom. The Labute approximate surface area is 107 Å². The molecule has 0 saturated heterocycles. The smallest absolute Gasteiger partial charge is 0.0486 e. The third-order valence-corrected chi connectivity index (χ3v) is 4.21. The molecule has 0 aliphatic rings. The van der Waals surface area contributed by atoms with Gasteiger partial charge in [-0.25, -0.2) is 0 Å². The van der Waals surface area contributed by atoms with E-state index in [4.69, 9.17) is 0 Å². The lowest BCUT2D eigenvalue weighted by Crippen LogP contribution is -2.33. The van der Waals surface area contributed by atoms with Crippen LogP contribution in [0.4, 0.5) is 0 Å². The molecular weight excluding hydrogens is 230 g/mol.